The first-order valence-electron chi connectivity index (χ1n) is 16.6. The summed E-state index contributed by atoms with van der Waals surface area (Å²) in [6.45, 7) is 15.8. The minimum atomic E-state index is -2.22. The molecular formula is C35H53Ac2NO13. The predicted molar refractivity (Wildman–Crippen MR) is 173 cm³/mol. The zero-order chi connectivity index (χ0) is 37.2. The minimum Gasteiger partial charge on any atom is -0.459 e. The van der Waals surface area contributed by atoms with Gasteiger partial charge in [-0.1, -0.05) is 46.3 Å². The van der Waals surface area contributed by atoms with Crippen LogP contribution in [0.5, 0.6) is 0 Å². The number of aliphatic hydroxyl groups excluding tert-OH is 3. The average molecular weight is 1150 g/mol. The molecule has 1 saturated heterocycles. The van der Waals surface area contributed by atoms with Crippen LogP contribution < -0.4 is 5.32 Å². The standard InChI is InChI=1S/C35H53NO13.2Ac/c1-16(2)11-19(36-30(43)47-14-31(5,6)7)24(39)29(42)49-20-13-35(45)28(48-18(4)37)26-33(10,21(38)12-22-34(26,44)15-46-22)27(41)25(40)23(17(20)3)32(35,8)9;;/h11,19-22,24-26,28,38-40,44-45H,12-15H2,1-10H3,(H,36,43);;/t19-,20?,21-,22+,24+,25+,26-,28-,33+,34-,35+;;/m0../s1. The summed E-state index contributed by atoms with van der Waals surface area (Å²) in [5, 5.41) is 61.6. The van der Waals surface area contributed by atoms with Crippen LogP contribution in [0, 0.1) is 110 Å². The van der Waals surface area contributed by atoms with Crippen molar-refractivity contribution in [1.82, 2.24) is 5.32 Å². The number of ketones is 1. The van der Waals surface area contributed by atoms with Crippen molar-refractivity contribution in [1.29, 1.82) is 0 Å². The number of hydrogen-bond acceptors (Lipinski definition) is 13. The fourth-order valence-electron chi connectivity index (χ4n) is 8.18. The molecule has 0 spiro atoms. The number of allylic oxidation sites excluding steroid dienone is 1. The maximum Gasteiger partial charge on any atom is 0.407 e. The van der Waals surface area contributed by atoms with Gasteiger partial charge in [0.1, 0.15) is 29.5 Å². The SMILES string of the molecule is CC(=O)O[C@H]1[C@@H]2[C@]3(O)CO[C@@H]3C[C@H](O)[C@@]2(C)C(=O)[C@H](O)C2=C(C)C(OC(=O)[C@H](O)[C@H](C=C(C)C)NC(=O)OCC(C)(C)C)C[C@]1(O)C2(C)C.[Ac].[Ac]. The Labute approximate surface area is 370 Å². The molecule has 2 bridgehead atoms. The molecule has 14 nitrogen and oxygen atoms in total. The van der Waals surface area contributed by atoms with Crippen molar-refractivity contribution in [2.45, 2.75) is 136 Å². The molecule has 0 aromatic carbocycles. The topological polar surface area (TPSA) is 218 Å². The number of carbonyl (C=O) groups is 4. The maximum absolute atomic E-state index is 14.4. The molecule has 3 aliphatic carbocycles. The van der Waals surface area contributed by atoms with Crippen LogP contribution in [0.1, 0.15) is 82.1 Å². The number of Topliss-reactive ketones (excluding diaryl/α,β-unsaturated/α-hetero) is 1. The fraction of sp³-hybridized carbons (Fsp3) is 0.771. The summed E-state index contributed by atoms with van der Waals surface area (Å²) in [5.74, 6) is -4.38. The molecule has 1 amide bonds. The van der Waals surface area contributed by atoms with Gasteiger partial charge in [0.2, 0.25) is 0 Å². The number of alkyl carbamates (subject to hydrolysis) is 1. The van der Waals surface area contributed by atoms with Crippen LogP contribution in [0.2, 0.25) is 0 Å². The van der Waals surface area contributed by atoms with Crippen LogP contribution in [-0.2, 0) is 33.3 Å². The maximum atomic E-state index is 14.4. The molecule has 0 aromatic rings. The first kappa shape index (κ1) is 47.2. The van der Waals surface area contributed by atoms with Crippen LogP contribution in [0.3, 0.4) is 0 Å². The molecular weight excluding hydrogens is 1100 g/mol. The molecule has 2 saturated carbocycles. The molecule has 282 valence electrons. The summed E-state index contributed by atoms with van der Waals surface area (Å²) in [4.78, 5) is 53.2. The van der Waals surface area contributed by atoms with E-state index in [1.54, 1.807) is 27.7 Å². The van der Waals surface area contributed by atoms with E-state index in [4.69, 9.17) is 18.9 Å². The van der Waals surface area contributed by atoms with E-state index in [0.29, 0.717) is 5.57 Å². The van der Waals surface area contributed by atoms with E-state index in [1.807, 2.05) is 20.8 Å². The third kappa shape index (κ3) is 8.56. The van der Waals surface area contributed by atoms with Crippen molar-refractivity contribution in [2.75, 3.05) is 13.2 Å². The normalized spacial score (nSPS) is 36.4. The Morgan fingerprint density at radius 2 is 1.65 bits per heavy atom. The molecule has 4 aliphatic rings. The second-order valence-electron chi connectivity index (χ2n) is 16.4. The Hall–Kier alpha value is 0.00312. The molecule has 1 unspecified atom stereocenters. The van der Waals surface area contributed by atoms with Gasteiger partial charge < -0.3 is 49.8 Å². The average Bonchev–Trinajstić information content (AvgIpc) is 2.97. The van der Waals surface area contributed by atoms with E-state index >= 15 is 0 Å². The van der Waals surface area contributed by atoms with Gasteiger partial charge in [-0.05, 0) is 44.3 Å². The number of aliphatic hydroxyl groups is 5. The van der Waals surface area contributed by atoms with Gasteiger partial charge in [-0.25, -0.2) is 9.59 Å². The third-order valence-corrected chi connectivity index (χ3v) is 10.9. The quantitative estimate of drug-likeness (QED) is 0.120. The van der Waals surface area contributed by atoms with Gasteiger partial charge >= 0.3 is 18.0 Å². The Bertz CT molecular complexity index is 1440. The summed E-state index contributed by atoms with van der Waals surface area (Å²) in [7, 11) is 0. The van der Waals surface area contributed by atoms with Gasteiger partial charge in [0.05, 0.1) is 36.9 Å². The fourth-order valence-corrected chi connectivity index (χ4v) is 8.18. The Morgan fingerprint density at radius 1 is 1.06 bits per heavy atom. The van der Waals surface area contributed by atoms with Gasteiger partial charge in [-0.2, -0.15) is 0 Å². The molecule has 1 aliphatic heterocycles. The zero-order valence-corrected chi connectivity index (χ0v) is 40.7. The van der Waals surface area contributed by atoms with Crippen molar-refractivity contribution < 1.29 is 152 Å². The number of nitrogens with one attached hydrogen (secondary N) is 1. The molecule has 6 N–H and O–H groups in total. The van der Waals surface area contributed by atoms with Gasteiger partial charge in [0.25, 0.3) is 0 Å². The monoisotopic (exact) mass is 1150 g/mol. The van der Waals surface area contributed by atoms with Crippen LogP contribution in [-0.4, -0.2) is 116 Å². The molecule has 11 atom stereocenters. The van der Waals surface area contributed by atoms with Gasteiger partial charge in [-0.15, -0.1) is 0 Å². The van der Waals surface area contributed by atoms with Gasteiger partial charge in [0.15, 0.2) is 11.9 Å². The Kier molecular flexibility index (Phi) is 15.4. The molecule has 51 heavy (non-hydrogen) atoms. The summed E-state index contributed by atoms with van der Waals surface area (Å²) in [5.41, 5.74) is -7.01. The van der Waals surface area contributed by atoms with Crippen molar-refractivity contribution >= 4 is 23.8 Å². The molecule has 4 rings (SSSR count). The van der Waals surface area contributed by atoms with E-state index in [2.05, 4.69) is 5.32 Å². The molecule has 3 fully saturated rings. The predicted octanol–water partition coefficient (Wildman–Crippen LogP) is 1.24. The molecule has 0 aromatic heterocycles. The van der Waals surface area contributed by atoms with Gasteiger partial charge in [-0.3, -0.25) is 9.59 Å². The largest absolute Gasteiger partial charge is 0.459 e. The van der Waals surface area contributed by atoms with Crippen molar-refractivity contribution in [3.63, 3.8) is 0 Å². The smallest absolute Gasteiger partial charge is 0.407 e. The summed E-state index contributed by atoms with van der Waals surface area (Å²) in [6, 6.07) is -1.28. The number of ether oxygens (including phenoxy) is 4. The number of carbonyl (C=O) groups excluding carboxylic acids is 4. The number of fused-ring (bicyclic) bond motifs is 5. The van der Waals surface area contributed by atoms with Crippen molar-refractivity contribution in [3.8, 4) is 0 Å². The number of amides is 1. The number of hydrogen-bond donors (Lipinski definition) is 6. The second kappa shape index (κ2) is 16.6. The molecule has 1 heterocycles. The van der Waals surface area contributed by atoms with E-state index in [9.17, 15) is 44.7 Å². The molecule has 2 radical (unpaired) electrons. The number of esters is 2. The summed E-state index contributed by atoms with van der Waals surface area (Å²) >= 11 is 0. The summed E-state index contributed by atoms with van der Waals surface area (Å²) in [6.07, 6.45) is -9.36. The van der Waals surface area contributed by atoms with Crippen molar-refractivity contribution in [2.24, 2.45) is 22.2 Å². The van der Waals surface area contributed by atoms with E-state index in [1.165, 1.54) is 19.9 Å². The zero-order valence-electron chi connectivity index (χ0n) is 31.2. The van der Waals surface area contributed by atoms with Crippen LogP contribution >= 0.6 is 0 Å². The Morgan fingerprint density at radius 3 is 2.14 bits per heavy atom. The second-order valence-corrected chi connectivity index (χ2v) is 16.4. The van der Waals surface area contributed by atoms with Gasteiger partial charge in [0, 0.05) is 119 Å². The summed E-state index contributed by atoms with van der Waals surface area (Å²) < 4.78 is 22.4. The van der Waals surface area contributed by atoms with E-state index < -0.39 is 101 Å². The first-order valence-corrected chi connectivity index (χ1v) is 16.6. The van der Waals surface area contributed by atoms with E-state index in [0.717, 1.165) is 6.92 Å². The third-order valence-electron chi connectivity index (χ3n) is 10.9. The van der Waals surface area contributed by atoms with Crippen LogP contribution in [0.25, 0.3) is 0 Å². The van der Waals surface area contributed by atoms with Crippen LogP contribution in [0.4, 0.5) is 4.79 Å². The van der Waals surface area contributed by atoms with Crippen molar-refractivity contribution in [3.05, 3.63) is 22.8 Å². The number of rotatable bonds is 7. The van der Waals surface area contributed by atoms with E-state index in [-0.39, 0.29) is 124 Å². The first-order chi connectivity index (χ1) is 22.3. The Balaban J connectivity index is 0.00000451. The minimum absolute atomic E-state index is 0. The van der Waals surface area contributed by atoms with Crippen LogP contribution in [0.15, 0.2) is 22.8 Å². The molecule has 16 heteroatoms.